The van der Waals surface area contributed by atoms with E-state index in [0.29, 0.717) is 5.02 Å². The van der Waals surface area contributed by atoms with Crippen molar-refractivity contribution >= 4 is 11.6 Å². The summed E-state index contributed by atoms with van der Waals surface area (Å²) in [6.45, 7) is 8.09. The van der Waals surface area contributed by atoms with Gasteiger partial charge in [0.1, 0.15) is 5.82 Å². The molecule has 0 nitrogen and oxygen atoms in total. The van der Waals surface area contributed by atoms with Gasteiger partial charge in [-0.25, -0.2) is 4.39 Å². The van der Waals surface area contributed by atoms with Crippen LogP contribution in [0, 0.1) is 12.7 Å². The summed E-state index contributed by atoms with van der Waals surface area (Å²) in [6, 6.07) is 2.89. The molecule has 0 saturated heterocycles. The molecule has 0 N–H and O–H groups in total. The fourth-order valence-corrected chi connectivity index (χ4v) is 2.19. The van der Waals surface area contributed by atoms with Crippen molar-refractivity contribution in [3.63, 3.8) is 0 Å². The van der Waals surface area contributed by atoms with E-state index in [9.17, 15) is 4.39 Å². The van der Waals surface area contributed by atoms with Crippen molar-refractivity contribution in [2.24, 2.45) is 0 Å². The summed E-state index contributed by atoms with van der Waals surface area (Å²) in [4.78, 5) is 0. The monoisotopic (exact) mass is 200 g/mol. The number of aryl methyl sites for hydroxylation is 1. The van der Waals surface area contributed by atoms with Crippen LogP contribution in [0.25, 0.3) is 0 Å². The molecule has 13 heavy (non-hydrogen) atoms. The Morgan fingerprint density at radius 2 is 1.77 bits per heavy atom. The molecular weight excluding hydrogens is 187 g/mol. The van der Waals surface area contributed by atoms with Gasteiger partial charge in [0, 0.05) is 5.02 Å². The highest BCUT2D eigenvalue weighted by molar-refractivity contribution is 6.31. The minimum Gasteiger partial charge on any atom is -0.207 e. The minimum atomic E-state index is -0.268. The zero-order valence-corrected chi connectivity index (χ0v) is 9.17. The minimum absolute atomic E-state index is 0.0329. The Bertz CT molecular complexity index is 300. The van der Waals surface area contributed by atoms with Crippen molar-refractivity contribution < 1.29 is 4.39 Å². The highest BCUT2D eigenvalue weighted by Gasteiger charge is 2.20. The third-order valence-corrected chi connectivity index (χ3v) is 2.30. The van der Waals surface area contributed by atoms with E-state index in [4.69, 9.17) is 11.6 Å². The highest BCUT2D eigenvalue weighted by Crippen LogP contribution is 2.32. The molecule has 1 rings (SSSR count). The predicted molar refractivity (Wildman–Crippen MR) is 54.8 cm³/mol. The molecule has 0 aliphatic heterocycles. The van der Waals surface area contributed by atoms with E-state index in [1.807, 2.05) is 6.92 Å². The first-order chi connectivity index (χ1) is 5.82. The van der Waals surface area contributed by atoms with E-state index >= 15 is 0 Å². The molecule has 0 aliphatic carbocycles. The van der Waals surface area contributed by atoms with Crippen molar-refractivity contribution in [1.29, 1.82) is 0 Å². The number of hydrogen-bond donors (Lipinski definition) is 0. The molecule has 0 radical (unpaired) electrons. The molecule has 0 amide bonds. The summed E-state index contributed by atoms with van der Waals surface area (Å²) in [5.74, 6) is -0.268. The largest absolute Gasteiger partial charge is 0.207 e. The van der Waals surface area contributed by atoms with Gasteiger partial charge in [-0.3, -0.25) is 0 Å². The summed E-state index contributed by atoms with van der Waals surface area (Å²) in [6.07, 6.45) is 0. The molecule has 2 heteroatoms. The van der Waals surface area contributed by atoms with Crippen LogP contribution < -0.4 is 0 Å². The van der Waals surface area contributed by atoms with Crippen LogP contribution in [0.15, 0.2) is 12.1 Å². The van der Waals surface area contributed by atoms with Crippen LogP contribution in [0.2, 0.25) is 5.02 Å². The fraction of sp³-hybridized carbons (Fsp3) is 0.455. The number of benzene rings is 1. The molecule has 0 aliphatic rings. The van der Waals surface area contributed by atoms with Gasteiger partial charge < -0.3 is 0 Å². The first-order valence-electron chi connectivity index (χ1n) is 4.28. The van der Waals surface area contributed by atoms with Crippen LogP contribution in [-0.2, 0) is 5.41 Å². The lowest BCUT2D eigenvalue weighted by Crippen LogP contribution is -2.14. The van der Waals surface area contributed by atoms with Crippen LogP contribution in [0.1, 0.15) is 31.9 Å². The summed E-state index contributed by atoms with van der Waals surface area (Å²) in [5, 5.41) is 0.519. The molecule has 1 aromatic carbocycles. The quantitative estimate of drug-likeness (QED) is 0.592. The normalized spacial score (nSPS) is 11.8. The van der Waals surface area contributed by atoms with Crippen LogP contribution in [0.5, 0.6) is 0 Å². The van der Waals surface area contributed by atoms with E-state index in [1.165, 1.54) is 12.1 Å². The van der Waals surface area contributed by atoms with Crippen molar-refractivity contribution in [1.82, 2.24) is 0 Å². The molecule has 0 bridgehead atoms. The molecular formula is C11H14ClF. The fourth-order valence-electron chi connectivity index (χ4n) is 1.65. The molecule has 0 heterocycles. The maximum absolute atomic E-state index is 12.9. The Balaban J connectivity index is 3.38. The van der Waals surface area contributed by atoms with Crippen LogP contribution in [0.3, 0.4) is 0 Å². The predicted octanol–water partition coefficient (Wildman–Crippen LogP) is 4.09. The summed E-state index contributed by atoms with van der Waals surface area (Å²) in [7, 11) is 0. The van der Waals surface area contributed by atoms with E-state index in [-0.39, 0.29) is 11.2 Å². The zero-order chi connectivity index (χ0) is 10.2. The van der Waals surface area contributed by atoms with Gasteiger partial charge in [0.15, 0.2) is 0 Å². The first kappa shape index (κ1) is 10.5. The van der Waals surface area contributed by atoms with Gasteiger partial charge in [0.25, 0.3) is 0 Å². The third-order valence-electron chi connectivity index (χ3n) is 2.00. The van der Waals surface area contributed by atoms with Gasteiger partial charge in [0.2, 0.25) is 0 Å². The maximum atomic E-state index is 12.9. The summed E-state index contributed by atoms with van der Waals surface area (Å²) < 4.78 is 12.9. The van der Waals surface area contributed by atoms with Crippen LogP contribution in [0.4, 0.5) is 4.39 Å². The van der Waals surface area contributed by atoms with Crippen LogP contribution >= 0.6 is 11.6 Å². The molecule has 0 saturated carbocycles. The number of hydrogen-bond acceptors (Lipinski definition) is 0. The van der Waals surface area contributed by atoms with Gasteiger partial charge >= 0.3 is 0 Å². The van der Waals surface area contributed by atoms with Crippen molar-refractivity contribution in [3.8, 4) is 0 Å². The second kappa shape index (κ2) is 3.30. The highest BCUT2D eigenvalue weighted by atomic mass is 35.5. The average Bonchev–Trinajstić information content (AvgIpc) is 1.78. The van der Waals surface area contributed by atoms with Gasteiger partial charge in [-0.1, -0.05) is 32.4 Å². The van der Waals surface area contributed by atoms with Crippen molar-refractivity contribution in [2.45, 2.75) is 33.1 Å². The molecule has 72 valence electrons. The zero-order valence-electron chi connectivity index (χ0n) is 8.41. The van der Waals surface area contributed by atoms with E-state index < -0.39 is 0 Å². The summed E-state index contributed by atoms with van der Waals surface area (Å²) >= 11 is 5.98. The maximum Gasteiger partial charge on any atom is 0.124 e. The van der Waals surface area contributed by atoms with Crippen molar-refractivity contribution in [2.75, 3.05) is 0 Å². The first-order valence-corrected chi connectivity index (χ1v) is 4.66. The Morgan fingerprint density at radius 1 is 1.23 bits per heavy atom. The van der Waals surface area contributed by atoms with E-state index in [2.05, 4.69) is 20.8 Å². The Morgan fingerprint density at radius 3 is 2.15 bits per heavy atom. The smallest absolute Gasteiger partial charge is 0.124 e. The molecule has 0 aromatic heterocycles. The van der Waals surface area contributed by atoms with Gasteiger partial charge in [-0.05, 0) is 35.6 Å². The third kappa shape index (κ3) is 2.22. The SMILES string of the molecule is Cc1cc(F)cc(Cl)c1C(C)(C)C. The molecule has 1 aromatic rings. The van der Waals surface area contributed by atoms with Crippen LogP contribution in [-0.4, -0.2) is 0 Å². The molecule has 0 atom stereocenters. The summed E-state index contributed by atoms with van der Waals surface area (Å²) in [5.41, 5.74) is 1.91. The lowest BCUT2D eigenvalue weighted by molar-refractivity contribution is 0.578. The average molecular weight is 201 g/mol. The number of rotatable bonds is 0. The molecule has 0 unspecified atom stereocenters. The second-order valence-corrected chi connectivity index (χ2v) is 4.74. The topological polar surface area (TPSA) is 0 Å². The Labute approximate surface area is 83.7 Å². The molecule has 0 spiro atoms. The molecule has 0 fully saturated rings. The number of halogens is 2. The lowest BCUT2D eigenvalue weighted by Gasteiger charge is -2.23. The van der Waals surface area contributed by atoms with E-state index in [0.717, 1.165) is 11.1 Å². The van der Waals surface area contributed by atoms with Gasteiger partial charge in [-0.2, -0.15) is 0 Å². The second-order valence-electron chi connectivity index (χ2n) is 4.33. The standard InChI is InChI=1S/C11H14ClF/c1-7-5-8(13)6-9(12)10(7)11(2,3)4/h5-6H,1-4H3. The van der Waals surface area contributed by atoms with Gasteiger partial charge in [-0.15, -0.1) is 0 Å². The lowest BCUT2D eigenvalue weighted by atomic mass is 9.84. The Kier molecular flexibility index (Phi) is 2.67. The van der Waals surface area contributed by atoms with Crippen molar-refractivity contribution in [3.05, 3.63) is 34.1 Å². The van der Waals surface area contributed by atoms with Gasteiger partial charge in [0.05, 0.1) is 0 Å². The Hall–Kier alpha value is -0.560. The van der Waals surface area contributed by atoms with E-state index in [1.54, 1.807) is 0 Å².